The number of amides is 1. The van der Waals surface area contributed by atoms with E-state index in [-0.39, 0.29) is 23.6 Å². The zero-order valence-corrected chi connectivity index (χ0v) is 17.8. The van der Waals surface area contributed by atoms with Crippen molar-refractivity contribution in [2.24, 2.45) is 0 Å². The van der Waals surface area contributed by atoms with Crippen molar-refractivity contribution in [1.29, 1.82) is 0 Å². The molecule has 11 nitrogen and oxygen atoms in total. The van der Waals surface area contributed by atoms with Crippen LogP contribution in [0.25, 0.3) is 16.9 Å². The molecule has 3 heterocycles. The number of hydrogen-bond acceptors (Lipinski definition) is 7. The summed E-state index contributed by atoms with van der Waals surface area (Å²) >= 11 is 0. The van der Waals surface area contributed by atoms with E-state index in [0.29, 0.717) is 17.0 Å². The number of benzene rings is 1. The molecule has 0 aliphatic heterocycles. The van der Waals surface area contributed by atoms with Gasteiger partial charge < -0.3 is 15.2 Å². The van der Waals surface area contributed by atoms with Gasteiger partial charge in [0.05, 0.1) is 30.3 Å². The Hall–Kier alpha value is -4.54. The number of anilines is 1. The molecule has 0 aliphatic carbocycles. The lowest BCUT2D eigenvalue weighted by Gasteiger charge is -2.13. The molecule has 0 radical (unpaired) electrons. The van der Waals surface area contributed by atoms with E-state index in [4.69, 9.17) is 9.84 Å². The second-order valence-corrected chi connectivity index (χ2v) is 7.10. The molecule has 1 atom stereocenters. The van der Waals surface area contributed by atoms with Gasteiger partial charge in [-0.25, -0.2) is 19.1 Å². The normalized spacial score (nSPS) is 11.8. The second-order valence-electron chi connectivity index (χ2n) is 7.10. The highest BCUT2D eigenvalue weighted by atomic mass is 16.5. The molecule has 0 saturated carbocycles. The maximum absolute atomic E-state index is 12.7. The standard InChI is InChI=1S/C22H20N6O5/c1-3-33-22(32)17-11-25-28-18(7-8-23-19(17)28)14-5-4-6-16(9-14)26-20(29)13(2)27-12-15(10-24-27)21(30)31/h4-13H,3H2,1-2H3,(H,26,29)(H,30,31). The van der Waals surface area contributed by atoms with Gasteiger partial charge >= 0.3 is 11.9 Å². The van der Waals surface area contributed by atoms with Crippen molar-refractivity contribution in [3.63, 3.8) is 0 Å². The molecule has 0 fully saturated rings. The fraction of sp³-hybridized carbons (Fsp3) is 0.182. The van der Waals surface area contributed by atoms with E-state index in [1.165, 1.54) is 27.8 Å². The zero-order valence-electron chi connectivity index (χ0n) is 17.8. The van der Waals surface area contributed by atoms with E-state index < -0.39 is 18.0 Å². The molecular weight excluding hydrogens is 428 g/mol. The average molecular weight is 448 g/mol. The van der Waals surface area contributed by atoms with E-state index >= 15 is 0 Å². The monoisotopic (exact) mass is 448 g/mol. The summed E-state index contributed by atoms with van der Waals surface area (Å²) in [5.74, 6) is -1.98. The third-order valence-electron chi connectivity index (χ3n) is 4.95. The quantitative estimate of drug-likeness (QED) is 0.411. The number of aromatic carboxylic acids is 1. The van der Waals surface area contributed by atoms with Gasteiger partial charge in [0.1, 0.15) is 11.6 Å². The molecule has 11 heteroatoms. The smallest absolute Gasteiger partial charge is 0.343 e. The number of carbonyl (C=O) groups is 3. The summed E-state index contributed by atoms with van der Waals surface area (Å²) in [5, 5.41) is 20.1. The number of nitrogens with one attached hydrogen (secondary N) is 1. The van der Waals surface area contributed by atoms with Crippen molar-refractivity contribution < 1.29 is 24.2 Å². The van der Waals surface area contributed by atoms with Gasteiger partial charge in [-0.2, -0.15) is 10.2 Å². The van der Waals surface area contributed by atoms with Crippen LogP contribution in [0.1, 0.15) is 40.6 Å². The lowest BCUT2D eigenvalue weighted by molar-refractivity contribution is -0.119. The third kappa shape index (κ3) is 4.28. The fourth-order valence-corrected chi connectivity index (χ4v) is 3.25. The van der Waals surface area contributed by atoms with Gasteiger partial charge in [-0.15, -0.1) is 0 Å². The Balaban J connectivity index is 1.59. The number of aromatic nitrogens is 5. The molecule has 4 rings (SSSR count). The molecule has 4 aromatic rings. The molecule has 168 valence electrons. The van der Waals surface area contributed by atoms with Crippen LogP contribution in [0.2, 0.25) is 0 Å². The first kappa shape index (κ1) is 21.7. The molecule has 2 N–H and O–H groups in total. The lowest BCUT2D eigenvalue weighted by atomic mass is 10.1. The van der Waals surface area contributed by atoms with Crippen LogP contribution in [0.4, 0.5) is 5.69 Å². The Labute approximate surface area is 187 Å². The largest absolute Gasteiger partial charge is 0.478 e. The maximum Gasteiger partial charge on any atom is 0.343 e. The van der Waals surface area contributed by atoms with Gasteiger partial charge in [0.2, 0.25) is 5.91 Å². The van der Waals surface area contributed by atoms with Crippen LogP contribution in [0.3, 0.4) is 0 Å². The molecule has 0 saturated heterocycles. The summed E-state index contributed by atoms with van der Waals surface area (Å²) < 4.78 is 7.88. The zero-order chi connectivity index (χ0) is 23.5. The molecular formula is C22H20N6O5. The van der Waals surface area contributed by atoms with Gasteiger partial charge in [0.15, 0.2) is 5.65 Å². The van der Waals surface area contributed by atoms with Gasteiger partial charge in [-0.3, -0.25) is 9.48 Å². The second kappa shape index (κ2) is 8.91. The highest BCUT2D eigenvalue weighted by Gasteiger charge is 2.19. The number of carbonyl (C=O) groups excluding carboxylic acids is 2. The number of esters is 1. The number of hydrogen-bond donors (Lipinski definition) is 2. The van der Waals surface area contributed by atoms with Crippen molar-refractivity contribution in [2.75, 3.05) is 11.9 Å². The van der Waals surface area contributed by atoms with E-state index in [1.807, 2.05) is 6.07 Å². The van der Waals surface area contributed by atoms with Crippen LogP contribution in [0.15, 0.2) is 55.1 Å². The van der Waals surface area contributed by atoms with Crippen molar-refractivity contribution in [3.05, 3.63) is 66.2 Å². The van der Waals surface area contributed by atoms with Crippen LogP contribution in [0.5, 0.6) is 0 Å². The van der Waals surface area contributed by atoms with E-state index in [0.717, 1.165) is 5.56 Å². The molecule has 0 aliphatic rings. The summed E-state index contributed by atoms with van der Waals surface area (Å²) in [6, 6.07) is 8.12. The fourth-order valence-electron chi connectivity index (χ4n) is 3.25. The summed E-state index contributed by atoms with van der Waals surface area (Å²) in [4.78, 5) is 40.1. The SMILES string of the molecule is CCOC(=O)c1cnn2c(-c3cccc(NC(=O)C(C)n4cc(C(=O)O)cn4)c3)ccnc12. The van der Waals surface area contributed by atoms with Gasteiger partial charge in [-0.1, -0.05) is 12.1 Å². The number of rotatable bonds is 7. The molecule has 1 unspecified atom stereocenters. The maximum atomic E-state index is 12.7. The number of ether oxygens (including phenoxy) is 1. The Morgan fingerprint density at radius 2 is 2.00 bits per heavy atom. The Kier molecular flexibility index (Phi) is 5.85. The first-order valence-electron chi connectivity index (χ1n) is 10.1. The minimum Gasteiger partial charge on any atom is -0.478 e. The van der Waals surface area contributed by atoms with Crippen LogP contribution in [-0.4, -0.2) is 53.9 Å². The Morgan fingerprint density at radius 3 is 2.73 bits per heavy atom. The minimum absolute atomic E-state index is 0.000221. The summed E-state index contributed by atoms with van der Waals surface area (Å²) in [6.07, 6.45) is 5.47. The highest BCUT2D eigenvalue weighted by Crippen LogP contribution is 2.24. The Bertz CT molecular complexity index is 1360. The lowest BCUT2D eigenvalue weighted by Crippen LogP contribution is -2.24. The predicted octanol–water partition coefficient (Wildman–Crippen LogP) is 2.67. The average Bonchev–Trinajstić information content (AvgIpc) is 3.46. The topological polar surface area (TPSA) is 141 Å². The number of carboxylic acid groups (broad SMARTS) is 1. The summed E-state index contributed by atoms with van der Waals surface area (Å²) in [5.41, 5.74) is 2.55. The van der Waals surface area contributed by atoms with E-state index in [1.54, 1.807) is 44.3 Å². The number of fused-ring (bicyclic) bond motifs is 1. The number of nitrogens with zero attached hydrogens (tertiary/aromatic N) is 5. The van der Waals surface area contributed by atoms with E-state index in [2.05, 4.69) is 20.5 Å². The van der Waals surface area contributed by atoms with Gasteiger partial charge in [0, 0.05) is 23.6 Å². The summed E-state index contributed by atoms with van der Waals surface area (Å²) in [7, 11) is 0. The molecule has 0 bridgehead atoms. The molecule has 1 aromatic carbocycles. The van der Waals surface area contributed by atoms with Crippen LogP contribution in [0, 0.1) is 0 Å². The van der Waals surface area contributed by atoms with Crippen LogP contribution in [-0.2, 0) is 9.53 Å². The molecule has 33 heavy (non-hydrogen) atoms. The summed E-state index contributed by atoms with van der Waals surface area (Å²) in [6.45, 7) is 3.58. The van der Waals surface area contributed by atoms with Gasteiger partial charge in [0.25, 0.3) is 0 Å². The molecule has 0 spiro atoms. The van der Waals surface area contributed by atoms with Crippen LogP contribution >= 0.6 is 0 Å². The first-order chi connectivity index (χ1) is 15.9. The van der Waals surface area contributed by atoms with Crippen LogP contribution < -0.4 is 5.32 Å². The van der Waals surface area contributed by atoms with Crippen molar-refractivity contribution in [1.82, 2.24) is 24.4 Å². The molecule has 1 amide bonds. The first-order valence-corrected chi connectivity index (χ1v) is 10.1. The third-order valence-corrected chi connectivity index (χ3v) is 4.95. The van der Waals surface area contributed by atoms with Crippen molar-refractivity contribution >= 4 is 29.2 Å². The van der Waals surface area contributed by atoms with Crippen molar-refractivity contribution in [3.8, 4) is 11.3 Å². The highest BCUT2D eigenvalue weighted by molar-refractivity contribution is 5.96. The van der Waals surface area contributed by atoms with E-state index in [9.17, 15) is 14.4 Å². The number of carboxylic acids is 1. The van der Waals surface area contributed by atoms with Gasteiger partial charge in [-0.05, 0) is 32.0 Å². The Morgan fingerprint density at radius 1 is 1.18 bits per heavy atom. The predicted molar refractivity (Wildman–Crippen MR) is 117 cm³/mol. The molecule has 3 aromatic heterocycles. The minimum atomic E-state index is -1.12. The van der Waals surface area contributed by atoms with Crippen molar-refractivity contribution in [2.45, 2.75) is 19.9 Å².